The topological polar surface area (TPSA) is 87.3 Å². The van der Waals surface area contributed by atoms with Gasteiger partial charge >= 0.3 is 0 Å². The van der Waals surface area contributed by atoms with Gasteiger partial charge in [0, 0.05) is 5.69 Å². The lowest BCUT2D eigenvalue weighted by Gasteiger charge is -2.14. The molecule has 0 saturated carbocycles. The molecule has 6 nitrogen and oxygen atoms in total. The summed E-state index contributed by atoms with van der Waals surface area (Å²) in [6, 6.07) is 7.96. The molecule has 1 heterocycles. The Bertz CT molecular complexity index is 687. The van der Waals surface area contributed by atoms with Crippen molar-refractivity contribution in [2.24, 2.45) is 5.92 Å². The number of aryl methyl sites for hydroxylation is 1. The Morgan fingerprint density at radius 3 is 2.54 bits per heavy atom. The van der Waals surface area contributed by atoms with Gasteiger partial charge in [-0.15, -0.1) is 0 Å². The molecular weight excluding hydrogens is 346 g/mol. The van der Waals surface area contributed by atoms with Gasteiger partial charge in [0.2, 0.25) is 5.91 Å². The summed E-state index contributed by atoms with van der Waals surface area (Å²) >= 11 is 5.12. The van der Waals surface area contributed by atoms with Crippen LogP contribution >= 0.6 is 12.2 Å². The van der Waals surface area contributed by atoms with Crippen molar-refractivity contribution in [2.45, 2.75) is 32.6 Å². The number of nitrogens with one attached hydrogen (secondary N) is 3. The molecule has 1 aromatic rings. The number of hydrogen-bond donors (Lipinski definition) is 3. The highest BCUT2D eigenvalue weighted by molar-refractivity contribution is 7.91. The second kappa shape index (κ2) is 8.43. The van der Waals surface area contributed by atoms with Crippen LogP contribution in [0.15, 0.2) is 24.3 Å². The molecule has 132 valence electrons. The van der Waals surface area contributed by atoms with E-state index in [9.17, 15) is 13.2 Å². The number of unbranched alkanes of at least 4 members (excludes halogenated alkanes) is 1. The van der Waals surface area contributed by atoms with Crippen molar-refractivity contribution in [1.29, 1.82) is 0 Å². The summed E-state index contributed by atoms with van der Waals surface area (Å²) in [5.74, 6) is -0.892. The van der Waals surface area contributed by atoms with Gasteiger partial charge in [0.1, 0.15) is 0 Å². The molecule has 3 N–H and O–H groups in total. The Labute approximate surface area is 148 Å². The third-order valence-corrected chi connectivity index (χ3v) is 5.91. The monoisotopic (exact) mass is 369 g/mol. The zero-order valence-electron chi connectivity index (χ0n) is 13.7. The number of hydrazine groups is 1. The summed E-state index contributed by atoms with van der Waals surface area (Å²) in [5.41, 5.74) is 7.17. The van der Waals surface area contributed by atoms with Gasteiger partial charge in [0.15, 0.2) is 14.9 Å². The van der Waals surface area contributed by atoms with Gasteiger partial charge in [-0.1, -0.05) is 25.5 Å². The molecule has 0 bridgehead atoms. The number of anilines is 1. The number of carbonyl (C=O) groups is 1. The van der Waals surface area contributed by atoms with Gasteiger partial charge < -0.3 is 5.32 Å². The Kier molecular flexibility index (Phi) is 6.56. The summed E-state index contributed by atoms with van der Waals surface area (Å²) in [4.78, 5) is 11.9. The normalized spacial score (nSPS) is 18.8. The second-order valence-electron chi connectivity index (χ2n) is 5.97. The lowest BCUT2D eigenvalue weighted by molar-refractivity contribution is -0.124. The van der Waals surface area contributed by atoms with E-state index in [1.54, 1.807) is 0 Å². The third kappa shape index (κ3) is 5.76. The van der Waals surface area contributed by atoms with Crippen molar-refractivity contribution in [1.82, 2.24) is 10.9 Å². The molecule has 24 heavy (non-hydrogen) atoms. The number of thiocarbonyl (C=S) groups is 1. The van der Waals surface area contributed by atoms with Crippen molar-refractivity contribution in [3.63, 3.8) is 0 Å². The summed E-state index contributed by atoms with van der Waals surface area (Å²) in [6.45, 7) is 2.16. The number of carbonyl (C=O) groups excluding carboxylic acids is 1. The summed E-state index contributed by atoms with van der Waals surface area (Å²) < 4.78 is 22.8. The molecular formula is C16H23N3O3S2. The predicted molar refractivity (Wildman–Crippen MR) is 99.3 cm³/mol. The molecule has 1 saturated heterocycles. The average molecular weight is 370 g/mol. The van der Waals surface area contributed by atoms with Gasteiger partial charge in [0.25, 0.3) is 0 Å². The fourth-order valence-corrected chi connectivity index (χ4v) is 4.43. The molecule has 1 aliphatic rings. The maximum absolute atomic E-state index is 11.9. The molecule has 1 atom stereocenters. The first-order valence-corrected chi connectivity index (χ1v) is 10.3. The summed E-state index contributed by atoms with van der Waals surface area (Å²) in [7, 11) is -3.08. The van der Waals surface area contributed by atoms with Gasteiger partial charge in [-0.05, 0) is 49.2 Å². The van der Waals surface area contributed by atoms with E-state index in [-0.39, 0.29) is 22.5 Å². The summed E-state index contributed by atoms with van der Waals surface area (Å²) in [5, 5.41) is 3.23. The van der Waals surface area contributed by atoms with Crippen LogP contribution in [0.4, 0.5) is 5.69 Å². The first kappa shape index (κ1) is 18.7. The molecule has 1 aliphatic heterocycles. The lowest BCUT2D eigenvalue weighted by atomic mass is 10.1. The van der Waals surface area contributed by atoms with E-state index < -0.39 is 15.8 Å². The van der Waals surface area contributed by atoms with E-state index in [4.69, 9.17) is 12.2 Å². The quantitative estimate of drug-likeness (QED) is 0.542. The number of sulfone groups is 1. The zero-order valence-corrected chi connectivity index (χ0v) is 15.3. The van der Waals surface area contributed by atoms with E-state index in [0.29, 0.717) is 6.42 Å². The number of hydrogen-bond acceptors (Lipinski definition) is 4. The third-order valence-electron chi connectivity index (χ3n) is 3.93. The minimum absolute atomic E-state index is 0.0676. The molecule has 0 unspecified atom stereocenters. The van der Waals surface area contributed by atoms with Crippen LogP contribution in [-0.4, -0.2) is 30.9 Å². The highest BCUT2D eigenvalue weighted by Crippen LogP contribution is 2.18. The van der Waals surface area contributed by atoms with Crippen molar-refractivity contribution >= 4 is 38.8 Å². The standard InChI is InChI=1S/C16H23N3O3S2/c1-2-3-4-12-5-7-14(8-6-12)17-16(23)19-18-15(20)13-9-10-24(21,22)11-13/h5-8,13H,2-4,9-11H2,1H3,(H,18,20)(H2,17,19,23)/t13-/m1/s1. The molecule has 0 aromatic heterocycles. The molecule has 1 fully saturated rings. The van der Waals surface area contributed by atoms with Crippen LogP contribution in [0, 0.1) is 5.92 Å². The lowest BCUT2D eigenvalue weighted by Crippen LogP contribution is -2.46. The van der Waals surface area contributed by atoms with Crippen molar-refractivity contribution < 1.29 is 13.2 Å². The van der Waals surface area contributed by atoms with E-state index in [1.165, 1.54) is 5.56 Å². The zero-order chi connectivity index (χ0) is 17.6. The molecule has 0 aliphatic carbocycles. The highest BCUT2D eigenvalue weighted by Gasteiger charge is 2.32. The molecule has 0 radical (unpaired) electrons. The van der Waals surface area contributed by atoms with Crippen LogP contribution in [0.3, 0.4) is 0 Å². The fraction of sp³-hybridized carbons (Fsp3) is 0.500. The first-order valence-electron chi connectivity index (χ1n) is 8.06. The van der Waals surface area contributed by atoms with E-state index in [0.717, 1.165) is 24.9 Å². The van der Waals surface area contributed by atoms with Crippen LogP contribution in [0.25, 0.3) is 0 Å². The fourth-order valence-electron chi connectivity index (χ4n) is 2.52. The Morgan fingerprint density at radius 2 is 1.96 bits per heavy atom. The molecule has 1 aromatic carbocycles. The van der Waals surface area contributed by atoms with Crippen LogP contribution in [-0.2, 0) is 21.1 Å². The molecule has 8 heteroatoms. The maximum atomic E-state index is 11.9. The minimum Gasteiger partial charge on any atom is -0.331 e. The van der Waals surface area contributed by atoms with Gasteiger partial charge in [0.05, 0.1) is 17.4 Å². The second-order valence-corrected chi connectivity index (χ2v) is 8.61. The SMILES string of the molecule is CCCCc1ccc(NC(=S)NNC(=O)[C@@H]2CCS(=O)(=O)C2)cc1. The summed E-state index contributed by atoms with van der Waals surface area (Å²) in [6.07, 6.45) is 3.74. The Hall–Kier alpha value is -1.67. The van der Waals surface area contributed by atoms with Crippen molar-refractivity contribution in [3.8, 4) is 0 Å². The Morgan fingerprint density at radius 1 is 1.25 bits per heavy atom. The molecule has 1 amide bonds. The molecule has 2 rings (SSSR count). The van der Waals surface area contributed by atoms with Crippen LogP contribution < -0.4 is 16.2 Å². The van der Waals surface area contributed by atoms with Crippen LogP contribution in [0.1, 0.15) is 31.7 Å². The van der Waals surface area contributed by atoms with E-state index >= 15 is 0 Å². The van der Waals surface area contributed by atoms with E-state index in [2.05, 4.69) is 23.1 Å². The first-order chi connectivity index (χ1) is 11.4. The smallest absolute Gasteiger partial charge is 0.242 e. The highest BCUT2D eigenvalue weighted by atomic mass is 32.2. The van der Waals surface area contributed by atoms with Crippen LogP contribution in [0.5, 0.6) is 0 Å². The molecule has 0 spiro atoms. The van der Waals surface area contributed by atoms with Crippen LogP contribution in [0.2, 0.25) is 0 Å². The van der Waals surface area contributed by atoms with Gasteiger partial charge in [-0.3, -0.25) is 15.6 Å². The van der Waals surface area contributed by atoms with Crippen molar-refractivity contribution in [3.05, 3.63) is 29.8 Å². The average Bonchev–Trinajstić information content (AvgIpc) is 2.92. The van der Waals surface area contributed by atoms with Crippen molar-refractivity contribution in [2.75, 3.05) is 16.8 Å². The largest absolute Gasteiger partial charge is 0.331 e. The number of rotatable bonds is 5. The predicted octanol–water partition coefficient (Wildman–Crippen LogP) is 1.78. The minimum atomic E-state index is -3.08. The number of benzene rings is 1. The number of amides is 1. The maximum Gasteiger partial charge on any atom is 0.242 e. The van der Waals surface area contributed by atoms with E-state index in [1.807, 2.05) is 24.3 Å². The van der Waals surface area contributed by atoms with Gasteiger partial charge in [-0.2, -0.15) is 0 Å². The Balaban J connectivity index is 1.76. The van der Waals surface area contributed by atoms with Gasteiger partial charge in [-0.25, -0.2) is 8.42 Å².